The minimum absolute atomic E-state index is 0.0248. The predicted octanol–water partition coefficient (Wildman–Crippen LogP) is 6.24. The lowest BCUT2D eigenvalue weighted by Gasteiger charge is -2.57. The lowest BCUT2D eigenvalue weighted by Crippen LogP contribution is -2.52. The SMILES string of the molecule is CC(C)C[C@H](NC(=O)c1ccc(C23CC4CC(CC(C4)C2)C3)cc1)C(=O)N[C@@H]1CCC[C@H](C)[C@H]1C. The van der Waals surface area contributed by atoms with Crippen LogP contribution in [0.2, 0.25) is 0 Å². The summed E-state index contributed by atoms with van der Waals surface area (Å²) >= 11 is 0. The Balaban J connectivity index is 1.25. The zero-order valence-electron chi connectivity index (χ0n) is 22.3. The zero-order valence-corrected chi connectivity index (χ0v) is 22.3. The van der Waals surface area contributed by atoms with Gasteiger partial charge >= 0.3 is 0 Å². The van der Waals surface area contributed by atoms with Gasteiger partial charge in [-0.3, -0.25) is 9.59 Å². The van der Waals surface area contributed by atoms with Crippen LogP contribution in [0.15, 0.2) is 24.3 Å². The van der Waals surface area contributed by atoms with E-state index in [1.54, 1.807) is 0 Å². The van der Waals surface area contributed by atoms with Crippen LogP contribution in [-0.4, -0.2) is 23.9 Å². The Hall–Kier alpha value is -1.84. The Morgan fingerprint density at radius 3 is 2.11 bits per heavy atom. The first-order chi connectivity index (χ1) is 16.7. The highest BCUT2D eigenvalue weighted by Crippen LogP contribution is 2.60. The van der Waals surface area contributed by atoms with Crippen molar-refractivity contribution < 1.29 is 9.59 Å². The van der Waals surface area contributed by atoms with Gasteiger partial charge in [0.05, 0.1) is 0 Å². The topological polar surface area (TPSA) is 58.2 Å². The molecule has 0 heterocycles. The van der Waals surface area contributed by atoms with Crippen LogP contribution in [0.25, 0.3) is 0 Å². The Morgan fingerprint density at radius 2 is 1.54 bits per heavy atom. The maximum Gasteiger partial charge on any atom is 0.251 e. The molecule has 0 saturated heterocycles. The van der Waals surface area contributed by atoms with Gasteiger partial charge in [0.15, 0.2) is 0 Å². The van der Waals surface area contributed by atoms with Gasteiger partial charge in [-0.25, -0.2) is 0 Å². The smallest absolute Gasteiger partial charge is 0.251 e. The third kappa shape index (κ3) is 5.18. The van der Waals surface area contributed by atoms with Crippen LogP contribution in [0.4, 0.5) is 0 Å². The van der Waals surface area contributed by atoms with Crippen molar-refractivity contribution in [2.75, 3.05) is 0 Å². The molecule has 5 fully saturated rings. The van der Waals surface area contributed by atoms with E-state index in [1.165, 1.54) is 50.5 Å². The molecule has 1 aromatic rings. The lowest BCUT2D eigenvalue weighted by atomic mass is 9.48. The maximum atomic E-state index is 13.3. The van der Waals surface area contributed by atoms with Crippen LogP contribution >= 0.6 is 0 Å². The minimum Gasteiger partial charge on any atom is -0.351 e. The van der Waals surface area contributed by atoms with Crippen LogP contribution < -0.4 is 10.6 Å². The van der Waals surface area contributed by atoms with Crippen molar-refractivity contribution in [3.05, 3.63) is 35.4 Å². The third-order valence-electron chi connectivity index (χ3n) is 10.2. The van der Waals surface area contributed by atoms with Gasteiger partial charge in [-0.05, 0) is 110 Å². The molecular weight excluding hydrogens is 432 g/mol. The predicted molar refractivity (Wildman–Crippen MR) is 141 cm³/mol. The van der Waals surface area contributed by atoms with E-state index in [-0.39, 0.29) is 17.9 Å². The first-order valence-corrected chi connectivity index (χ1v) is 14.4. The second-order valence-corrected chi connectivity index (χ2v) is 13.3. The molecule has 2 amide bonds. The van der Waals surface area contributed by atoms with Crippen LogP contribution in [0, 0.1) is 35.5 Å². The number of amides is 2. The number of hydrogen-bond donors (Lipinski definition) is 2. The Morgan fingerprint density at radius 1 is 0.943 bits per heavy atom. The largest absolute Gasteiger partial charge is 0.351 e. The number of nitrogens with one attached hydrogen (secondary N) is 2. The van der Waals surface area contributed by atoms with Crippen molar-refractivity contribution >= 4 is 11.8 Å². The van der Waals surface area contributed by atoms with Gasteiger partial charge < -0.3 is 10.6 Å². The van der Waals surface area contributed by atoms with Crippen LogP contribution in [0.5, 0.6) is 0 Å². The first kappa shape index (κ1) is 24.8. The van der Waals surface area contributed by atoms with Crippen molar-refractivity contribution in [3.63, 3.8) is 0 Å². The van der Waals surface area contributed by atoms with E-state index in [2.05, 4.69) is 50.5 Å². The highest BCUT2D eigenvalue weighted by atomic mass is 16.2. The molecule has 0 radical (unpaired) electrons. The van der Waals surface area contributed by atoms with E-state index in [9.17, 15) is 9.59 Å². The molecule has 1 aromatic carbocycles. The first-order valence-electron chi connectivity index (χ1n) is 14.4. The minimum atomic E-state index is -0.491. The average molecular weight is 479 g/mol. The van der Waals surface area contributed by atoms with Crippen molar-refractivity contribution in [3.8, 4) is 0 Å². The highest BCUT2D eigenvalue weighted by Gasteiger charge is 2.51. The molecule has 2 N–H and O–H groups in total. The zero-order chi connectivity index (χ0) is 24.7. The van der Waals surface area contributed by atoms with E-state index >= 15 is 0 Å². The quantitative estimate of drug-likeness (QED) is 0.487. The average Bonchev–Trinajstić information content (AvgIpc) is 2.80. The van der Waals surface area contributed by atoms with Crippen LogP contribution in [0.1, 0.15) is 108 Å². The van der Waals surface area contributed by atoms with E-state index < -0.39 is 6.04 Å². The van der Waals surface area contributed by atoms with E-state index in [0.29, 0.717) is 35.2 Å². The molecule has 0 aromatic heterocycles. The molecule has 192 valence electrons. The molecule has 4 bridgehead atoms. The van der Waals surface area contributed by atoms with Gasteiger partial charge in [-0.15, -0.1) is 0 Å². The molecule has 0 spiro atoms. The summed E-state index contributed by atoms with van der Waals surface area (Å²) in [5, 5.41) is 6.38. The summed E-state index contributed by atoms with van der Waals surface area (Å²) in [6, 6.07) is 8.14. The van der Waals surface area contributed by atoms with Gasteiger partial charge in [0, 0.05) is 11.6 Å². The summed E-state index contributed by atoms with van der Waals surface area (Å²) in [5.41, 5.74) is 2.45. The standard InChI is InChI=1S/C31H46N2O2/c1-19(2)12-28(30(35)32-27-7-5-6-20(3)21(27)4)33-29(34)25-8-10-26(11-9-25)31-16-22-13-23(17-31)15-24(14-22)18-31/h8-11,19-24,27-28H,5-7,12-18H2,1-4H3,(H,32,35)(H,33,34)/t20-,21+,22?,23?,24?,27+,28-,31?/m0/s1. The highest BCUT2D eigenvalue weighted by molar-refractivity contribution is 5.97. The van der Waals surface area contributed by atoms with Crippen LogP contribution in [-0.2, 0) is 10.2 Å². The molecule has 4 heteroatoms. The molecule has 5 aliphatic carbocycles. The van der Waals surface area contributed by atoms with E-state index in [1.807, 2.05) is 12.1 Å². The van der Waals surface area contributed by atoms with Gasteiger partial charge in [0.2, 0.25) is 5.91 Å². The monoisotopic (exact) mass is 478 g/mol. The Bertz CT molecular complexity index is 885. The van der Waals surface area contributed by atoms with Gasteiger partial charge in [0.1, 0.15) is 6.04 Å². The van der Waals surface area contributed by atoms with Crippen molar-refractivity contribution in [2.45, 2.75) is 109 Å². The van der Waals surface area contributed by atoms with Crippen molar-refractivity contribution in [2.24, 2.45) is 35.5 Å². The molecular formula is C31H46N2O2. The fourth-order valence-electron chi connectivity index (χ4n) is 8.45. The van der Waals surface area contributed by atoms with Crippen LogP contribution in [0.3, 0.4) is 0 Å². The summed E-state index contributed by atoms with van der Waals surface area (Å²) in [4.78, 5) is 26.5. The normalized spacial score (nSPS) is 36.7. The molecule has 5 saturated carbocycles. The lowest BCUT2D eigenvalue weighted by molar-refractivity contribution is -0.124. The molecule has 4 atom stereocenters. The van der Waals surface area contributed by atoms with Gasteiger partial charge in [-0.2, -0.15) is 0 Å². The fourth-order valence-corrected chi connectivity index (χ4v) is 8.45. The van der Waals surface area contributed by atoms with Crippen molar-refractivity contribution in [1.82, 2.24) is 10.6 Å². The van der Waals surface area contributed by atoms with Gasteiger partial charge in [0.25, 0.3) is 5.91 Å². The van der Waals surface area contributed by atoms with Crippen molar-refractivity contribution in [1.29, 1.82) is 0 Å². The third-order valence-corrected chi connectivity index (χ3v) is 10.2. The molecule has 6 rings (SSSR count). The second-order valence-electron chi connectivity index (χ2n) is 13.3. The molecule has 5 aliphatic rings. The summed E-state index contributed by atoms with van der Waals surface area (Å²) in [5.74, 6) is 4.00. The van der Waals surface area contributed by atoms with Gasteiger partial charge in [-0.1, -0.05) is 52.7 Å². The number of carbonyl (C=O) groups is 2. The summed E-state index contributed by atoms with van der Waals surface area (Å²) in [6.07, 6.45) is 12.4. The number of rotatable bonds is 7. The fraction of sp³-hybridized carbons (Fsp3) is 0.742. The Kier molecular flexibility index (Phi) is 7.03. The van der Waals surface area contributed by atoms with E-state index in [0.717, 1.165) is 30.6 Å². The Labute approximate surface area is 212 Å². The maximum absolute atomic E-state index is 13.3. The molecule has 35 heavy (non-hydrogen) atoms. The van der Waals surface area contributed by atoms with E-state index in [4.69, 9.17) is 0 Å². The summed E-state index contributed by atoms with van der Waals surface area (Å²) in [7, 11) is 0. The molecule has 0 aliphatic heterocycles. The number of hydrogen-bond acceptors (Lipinski definition) is 2. The second kappa shape index (κ2) is 9.90. The summed E-state index contributed by atoms with van der Waals surface area (Å²) < 4.78 is 0. The number of carbonyl (C=O) groups excluding carboxylic acids is 2. The molecule has 0 unspecified atom stereocenters. The number of benzene rings is 1. The molecule has 4 nitrogen and oxygen atoms in total. The summed E-state index contributed by atoms with van der Waals surface area (Å²) in [6.45, 7) is 8.75.